The molecule has 1 fully saturated rings. The van der Waals surface area contributed by atoms with Crippen molar-refractivity contribution in [1.29, 1.82) is 0 Å². The standard InChI is InChI=1S/C15H20N2O2/c18-15(17-7-9-19-10-8-17)6-5-13-11-12-3-1-2-4-14(12)16-13/h1-4,13,16H,5-11H2. The number of carbonyl (C=O) groups is 1. The van der Waals surface area contributed by atoms with Crippen LogP contribution < -0.4 is 5.32 Å². The zero-order valence-electron chi connectivity index (χ0n) is 11.1. The molecule has 2 heterocycles. The van der Waals surface area contributed by atoms with E-state index in [0.717, 1.165) is 25.9 Å². The average molecular weight is 260 g/mol. The third-order valence-corrected chi connectivity index (χ3v) is 3.91. The highest BCUT2D eigenvalue weighted by molar-refractivity contribution is 5.76. The van der Waals surface area contributed by atoms with Crippen LogP contribution in [0, 0.1) is 0 Å². The van der Waals surface area contributed by atoms with Gasteiger partial charge in [0.05, 0.1) is 13.2 Å². The van der Waals surface area contributed by atoms with Crippen molar-refractivity contribution in [2.45, 2.75) is 25.3 Å². The molecule has 2 aliphatic heterocycles. The number of benzene rings is 1. The van der Waals surface area contributed by atoms with Crippen molar-refractivity contribution in [1.82, 2.24) is 4.90 Å². The van der Waals surface area contributed by atoms with E-state index in [1.165, 1.54) is 11.3 Å². The topological polar surface area (TPSA) is 41.6 Å². The minimum Gasteiger partial charge on any atom is -0.382 e. The van der Waals surface area contributed by atoms with Crippen molar-refractivity contribution in [3.05, 3.63) is 29.8 Å². The van der Waals surface area contributed by atoms with E-state index in [1.54, 1.807) is 0 Å². The van der Waals surface area contributed by atoms with Crippen LogP contribution in [0.5, 0.6) is 0 Å². The van der Waals surface area contributed by atoms with Gasteiger partial charge in [-0.25, -0.2) is 0 Å². The maximum absolute atomic E-state index is 12.1. The van der Waals surface area contributed by atoms with Crippen LogP contribution in [0.1, 0.15) is 18.4 Å². The average Bonchev–Trinajstić information content (AvgIpc) is 2.88. The molecule has 0 bridgehead atoms. The smallest absolute Gasteiger partial charge is 0.222 e. The monoisotopic (exact) mass is 260 g/mol. The van der Waals surface area contributed by atoms with Crippen LogP contribution in [0.4, 0.5) is 5.69 Å². The lowest BCUT2D eigenvalue weighted by atomic mass is 10.1. The molecule has 4 heteroatoms. The van der Waals surface area contributed by atoms with Gasteiger partial charge in [-0.2, -0.15) is 0 Å². The Morgan fingerprint density at radius 1 is 1.32 bits per heavy atom. The van der Waals surface area contributed by atoms with Gasteiger partial charge in [-0.15, -0.1) is 0 Å². The van der Waals surface area contributed by atoms with Gasteiger partial charge in [0.2, 0.25) is 5.91 Å². The second kappa shape index (κ2) is 5.61. The molecular weight excluding hydrogens is 240 g/mol. The molecule has 1 saturated heterocycles. The van der Waals surface area contributed by atoms with E-state index in [-0.39, 0.29) is 5.91 Å². The van der Waals surface area contributed by atoms with E-state index >= 15 is 0 Å². The molecule has 19 heavy (non-hydrogen) atoms. The summed E-state index contributed by atoms with van der Waals surface area (Å²) in [6, 6.07) is 8.79. The van der Waals surface area contributed by atoms with Crippen LogP contribution in [0.15, 0.2) is 24.3 Å². The summed E-state index contributed by atoms with van der Waals surface area (Å²) >= 11 is 0. The molecular formula is C15H20N2O2. The lowest BCUT2D eigenvalue weighted by molar-refractivity contribution is -0.135. The summed E-state index contributed by atoms with van der Waals surface area (Å²) in [5, 5.41) is 3.50. The number of anilines is 1. The van der Waals surface area contributed by atoms with Crippen molar-refractivity contribution >= 4 is 11.6 Å². The zero-order chi connectivity index (χ0) is 13.1. The zero-order valence-corrected chi connectivity index (χ0v) is 11.1. The highest BCUT2D eigenvalue weighted by Gasteiger charge is 2.22. The first-order valence-corrected chi connectivity index (χ1v) is 7.03. The lowest BCUT2D eigenvalue weighted by Gasteiger charge is -2.27. The van der Waals surface area contributed by atoms with Crippen molar-refractivity contribution in [3.8, 4) is 0 Å². The maximum atomic E-state index is 12.1. The number of fused-ring (bicyclic) bond motifs is 1. The first-order valence-electron chi connectivity index (χ1n) is 7.03. The minimum atomic E-state index is 0.265. The molecule has 4 nitrogen and oxygen atoms in total. The van der Waals surface area contributed by atoms with E-state index in [4.69, 9.17) is 4.74 Å². The van der Waals surface area contributed by atoms with Gasteiger partial charge in [0.25, 0.3) is 0 Å². The van der Waals surface area contributed by atoms with Gasteiger partial charge >= 0.3 is 0 Å². The summed E-state index contributed by atoms with van der Waals surface area (Å²) in [6.07, 6.45) is 2.57. The summed E-state index contributed by atoms with van der Waals surface area (Å²) in [5.41, 5.74) is 2.60. The van der Waals surface area contributed by atoms with Crippen LogP contribution >= 0.6 is 0 Å². The molecule has 0 radical (unpaired) electrons. The fourth-order valence-corrected chi connectivity index (χ4v) is 2.82. The van der Waals surface area contributed by atoms with Crippen molar-refractivity contribution < 1.29 is 9.53 Å². The molecule has 1 aromatic rings. The number of para-hydroxylation sites is 1. The largest absolute Gasteiger partial charge is 0.382 e. The predicted molar refractivity (Wildman–Crippen MR) is 74.2 cm³/mol. The molecule has 1 unspecified atom stereocenters. The van der Waals surface area contributed by atoms with Gasteiger partial charge in [0, 0.05) is 31.2 Å². The van der Waals surface area contributed by atoms with Crippen molar-refractivity contribution in [3.63, 3.8) is 0 Å². The molecule has 102 valence electrons. The molecule has 0 spiro atoms. The van der Waals surface area contributed by atoms with Gasteiger partial charge in [-0.3, -0.25) is 4.79 Å². The summed E-state index contributed by atoms with van der Waals surface area (Å²) in [5.74, 6) is 0.265. The molecule has 1 aromatic carbocycles. The summed E-state index contributed by atoms with van der Waals surface area (Å²) < 4.78 is 5.26. The molecule has 1 N–H and O–H groups in total. The summed E-state index contributed by atoms with van der Waals surface area (Å²) in [4.78, 5) is 14.0. The Labute approximate surface area is 113 Å². The highest BCUT2D eigenvalue weighted by Crippen LogP contribution is 2.27. The van der Waals surface area contributed by atoms with Gasteiger partial charge in [0.1, 0.15) is 0 Å². The third-order valence-electron chi connectivity index (χ3n) is 3.91. The number of carbonyl (C=O) groups excluding carboxylic acids is 1. The Kier molecular flexibility index (Phi) is 3.69. The first kappa shape index (κ1) is 12.5. The van der Waals surface area contributed by atoms with Gasteiger partial charge in [0.15, 0.2) is 0 Å². The lowest BCUT2D eigenvalue weighted by Crippen LogP contribution is -2.41. The Morgan fingerprint density at radius 3 is 2.89 bits per heavy atom. The molecule has 1 atom stereocenters. The number of morpholine rings is 1. The van der Waals surface area contributed by atoms with Crippen LogP contribution in [-0.2, 0) is 16.0 Å². The SMILES string of the molecule is O=C(CCC1Cc2ccccc2N1)N1CCOCC1. The van der Waals surface area contributed by atoms with Gasteiger partial charge < -0.3 is 15.0 Å². The van der Waals surface area contributed by atoms with Crippen molar-refractivity contribution in [2.75, 3.05) is 31.6 Å². The minimum absolute atomic E-state index is 0.265. The van der Waals surface area contributed by atoms with Gasteiger partial charge in [-0.05, 0) is 24.5 Å². The maximum Gasteiger partial charge on any atom is 0.222 e. The number of nitrogens with one attached hydrogen (secondary N) is 1. The first-order chi connectivity index (χ1) is 9.33. The van der Waals surface area contributed by atoms with E-state index < -0.39 is 0 Å². The predicted octanol–water partition coefficient (Wildman–Crippen LogP) is 1.66. The fraction of sp³-hybridized carbons (Fsp3) is 0.533. The molecule has 2 aliphatic rings. The quantitative estimate of drug-likeness (QED) is 0.898. The van der Waals surface area contributed by atoms with E-state index in [9.17, 15) is 4.79 Å². The molecule has 0 aliphatic carbocycles. The van der Waals surface area contributed by atoms with E-state index in [2.05, 4.69) is 23.5 Å². The molecule has 0 saturated carbocycles. The van der Waals surface area contributed by atoms with Crippen molar-refractivity contribution in [2.24, 2.45) is 0 Å². The Morgan fingerprint density at radius 2 is 2.11 bits per heavy atom. The van der Waals surface area contributed by atoms with E-state index in [1.807, 2.05) is 11.0 Å². The van der Waals surface area contributed by atoms with Crippen LogP contribution in [0.3, 0.4) is 0 Å². The normalized spacial score (nSPS) is 21.9. The Balaban J connectivity index is 1.47. The molecule has 1 amide bonds. The van der Waals surface area contributed by atoms with Crippen LogP contribution in [-0.4, -0.2) is 43.2 Å². The number of ether oxygens (including phenoxy) is 1. The van der Waals surface area contributed by atoms with E-state index in [0.29, 0.717) is 25.7 Å². The summed E-state index contributed by atoms with van der Waals surface area (Å²) in [7, 11) is 0. The number of amides is 1. The van der Waals surface area contributed by atoms with Crippen LogP contribution in [0.25, 0.3) is 0 Å². The second-order valence-electron chi connectivity index (χ2n) is 5.23. The van der Waals surface area contributed by atoms with Crippen LogP contribution in [0.2, 0.25) is 0 Å². The Bertz CT molecular complexity index is 430. The second-order valence-corrected chi connectivity index (χ2v) is 5.23. The number of nitrogens with zero attached hydrogens (tertiary/aromatic N) is 1. The van der Waals surface area contributed by atoms with Gasteiger partial charge in [-0.1, -0.05) is 18.2 Å². The number of hydrogen-bond acceptors (Lipinski definition) is 3. The highest BCUT2D eigenvalue weighted by atomic mass is 16.5. The third kappa shape index (κ3) is 2.89. The molecule has 0 aromatic heterocycles. The Hall–Kier alpha value is -1.55. The fourth-order valence-electron chi connectivity index (χ4n) is 2.82. The number of hydrogen-bond donors (Lipinski definition) is 1. The number of rotatable bonds is 3. The summed E-state index contributed by atoms with van der Waals surface area (Å²) in [6.45, 7) is 2.85. The molecule has 3 rings (SSSR count).